The van der Waals surface area contributed by atoms with Gasteiger partial charge in [-0.15, -0.1) is 0 Å². The summed E-state index contributed by atoms with van der Waals surface area (Å²) in [5.41, 5.74) is 4.18. The standard InChI is InChI=1S/C18H27N3/c1-12-19-15-7-6-13(8-16(15)20-12)21-14-9-17(2,3)11-18(4,5)10-14/h6-8,14,21H,9-11H2,1-5H3,(H,19,20). The molecule has 0 atom stereocenters. The van der Waals surface area contributed by atoms with E-state index in [1.54, 1.807) is 0 Å². The quantitative estimate of drug-likeness (QED) is 0.825. The van der Waals surface area contributed by atoms with Crippen molar-refractivity contribution in [3.8, 4) is 0 Å². The molecule has 0 radical (unpaired) electrons. The lowest BCUT2D eigenvalue weighted by Gasteiger charge is -2.45. The molecule has 0 spiro atoms. The maximum atomic E-state index is 4.46. The molecule has 1 aromatic heterocycles. The van der Waals surface area contributed by atoms with Gasteiger partial charge in [-0.3, -0.25) is 0 Å². The average molecular weight is 285 g/mol. The molecule has 1 fully saturated rings. The third-order valence-corrected chi connectivity index (χ3v) is 4.53. The van der Waals surface area contributed by atoms with E-state index in [4.69, 9.17) is 0 Å². The molecule has 0 saturated heterocycles. The highest BCUT2D eigenvalue weighted by molar-refractivity contribution is 5.79. The second-order valence-electron chi connectivity index (χ2n) is 8.31. The number of hydrogen-bond donors (Lipinski definition) is 2. The van der Waals surface area contributed by atoms with Crippen LogP contribution in [0.2, 0.25) is 0 Å². The van der Waals surface area contributed by atoms with Crippen LogP contribution in [0.3, 0.4) is 0 Å². The van der Waals surface area contributed by atoms with Crippen molar-refractivity contribution < 1.29 is 0 Å². The van der Waals surface area contributed by atoms with Gasteiger partial charge in [0.05, 0.1) is 11.0 Å². The third-order valence-electron chi connectivity index (χ3n) is 4.53. The zero-order valence-corrected chi connectivity index (χ0v) is 13.9. The molecule has 0 aliphatic heterocycles. The lowest BCUT2D eigenvalue weighted by Crippen LogP contribution is -2.40. The van der Waals surface area contributed by atoms with Gasteiger partial charge in [0.1, 0.15) is 5.82 Å². The number of rotatable bonds is 2. The molecule has 1 aliphatic rings. The van der Waals surface area contributed by atoms with Crippen LogP contribution in [-0.4, -0.2) is 16.0 Å². The molecule has 21 heavy (non-hydrogen) atoms. The summed E-state index contributed by atoms with van der Waals surface area (Å²) in [6.45, 7) is 11.6. The van der Waals surface area contributed by atoms with E-state index in [1.165, 1.54) is 24.9 Å². The van der Waals surface area contributed by atoms with Crippen LogP contribution < -0.4 is 5.32 Å². The minimum atomic E-state index is 0.411. The van der Waals surface area contributed by atoms with Crippen molar-refractivity contribution in [2.24, 2.45) is 10.8 Å². The third kappa shape index (κ3) is 3.22. The molecule has 3 nitrogen and oxygen atoms in total. The van der Waals surface area contributed by atoms with E-state index in [9.17, 15) is 0 Å². The van der Waals surface area contributed by atoms with E-state index in [0.29, 0.717) is 16.9 Å². The first-order chi connectivity index (χ1) is 9.72. The molecule has 2 aromatic rings. The van der Waals surface area contributed by atoms with Gasteiger partial charge in [0.2, 0.25) is 0 Å². The molecule has 1 aromatic carbocycles. The van der Waals surface area contributed by atoms with Gasteiger partial charge in [-0.2, -0.15) is 0 Å². The van der Waals surface area contributed by atoms with Gasteiger partial charge in [-0.25, -0.2) is 4.98 Å². The largest absolute Gasteiger partial charge is 0.382 e. The minimum absolute atomic E-state index is 0.411. The van der Waals surface area contributed by atoms with Crippen LogP contribution in [0.5, 0.6) is 0 Å². The van der Waals surface area contributed by atoms with Crippen molar-refractivity contribution in [3.05, 3.63) is 24.0 Å². The Labute approximate surface area is 127 Å². The minimum Gasteiger partial charge on any atom is -0.382 e. The molecule has 2 N–H and O–H groups in total. The maximum absolute atomic E-state index is 4.46. The van der Waals surface area contributed by atoms with Crippen LogP contribution in [0.1, 0.15) is 52.8 Å². The SMILES string of the molecule is Cc1nc2ccc(NC3CC(C)(C)CC(C)(C)C3)cc2[nH]1. The highest BCUT2D eigenvalue weighted by Gasteiger charge is 2.38. The molecule has 0 bridgehead atoms. The number of hydrogen-bond acceptors (Lipinski definition) is 2. The number of fused-ring (bicyclic) bond motifs is 1. The summed E-state index contributed by atoms with van der Waals surface area (Å²) in [5, 5.41) is 3.75. The smallest absolute Gasteiger partial charge is 0.104 e. The monoisotopic (exact) mass is 285 g/mol. The number of nitrogens with one attached hydrogen (secondary N) is 2. The van der Waals surface area contributed by atoms with Crippen molar-refractivity contribution in [1.29, 1.82) is 0 Å². The van der Waals surface area contributed by atoms with Gasteiger partial charge >= 0.3 is 0 Å². The van der Waals surface area contributed by atoms with Crippen LogP contribution >= 0.6 is 0 Å². The number of nitrogens with zero attached hydrogens (tertiary/aromatic N) is 1. The molecule has 1 heterocycles. The van der Waals surface area contributed by atoms with E-state index in [2.05, 4.69) is 61.2 Å². The first-order valence-electron chi connectivity index (χ1n) is 7.95. The molecular formula is C18H27N3. The summed E-state index contributed by atoms with van der Waals surface area (Å²) < 4.78 is 0. The summed E-state index contributed by atoms with van der Waals surface area (Å²) in [6.07, 6.45) is 3.77. The number of aryl methyl sites for hydroxylation is 1. The molecule has 114 valence electrons. The molecular weight excluding hydrogens is 258 g/mol. The average Bonchev–Trinajstić information content (AvgIpc) is 2.63. The van der Waals surface area contributed by atoms with Crippen LogP contribution in [0.15, 0.2) is 18.2 Å². The molecule has 0 amide bonds. The van der Waals surface area contributed by atoms with Crippen molar-refractivity contribution in [1.82, 2.24) is 9.97 Å². The van der Waals surface area contributed by atoms with E-state index in [-0.39, 0.29) is 0 Å². The number of aromatic nitrogens is 2. The summed E-state index contributed by atoms with van der Waals surface area (Å²) in [5.74, 6) is 0.974. The molecule has 0 unspecified atom stereocenters. The fraction of sp³-hybridized carbons (Fsp3) is 0.611. The molecule has 3 rings (SSSR count). The fourth-order valence-corrected chi connectivity index (χ4v) is 4.41. The van der Waals surface area contributed by atoms with Crippen molar-refractivity contribution in [2.75, 3.05) is 5.32 Å². The van der Waals surface area contributed by atoms with Gasteiger partial charge in [-0.05, 0) is 55.2 Å². The Hall–Kier alpha value is -1.51. The Kier molecular flexibility index (Phi) is 3.27. The van der Waals surface area contributed by atoms with Gasteiger partial charge in [0, 0.05) is 11.7 Å². The van der Waals surface area contributed by atoms with Gasteiger partial charge in [0.15, 0.2) is 0 Å². The second kappa shape index (κ2) is 4.75. The van der Waals surface area contributed by atoms with Crippen LogP contribution in [-0.2, 0) is 0 Å². The van der Waals surface area contributed by atoms with Crippen molar-refractivity contribution in [2.45, 2.75) is 59.9 Å². The molecule has 3 heteroatoms. The zero-order valence-electron chi connectivity index (χ0n) is 13.9. The number of anilines is 1. The number of H-pyrrole nitrogens is 1. The van der Waals surface area contributed by atoms with Crippen molar-refractivity contribution >= 4 is 16.7 Å². The summed E-state index contributed by atoms with van der Waals surface area (Å²) in [6, 6.07) is 6.98. The van der Waals surface area contributed by atoms with Crippen molar-refractivity contribution in [3.63, 3.8) is 0 Å². The molecule has 1 saturated carbocycles. The van der Waals surface area contributed by atoms with E-state index in [0.717, 1.165) is 16.9 Å². The van der Waals surface area contributed by atoms with Crippen LogP contribution in [0, 0.1) is 17.8 Å². The topological polar surface area (TPSA) is 40.7 Å². The van der Waals surface area contributed by atoms with E-state index in [1.807, 2.05) is 6.92 Å². The van der Waals surface area contributed by atoms with Gasteiger partial charge in [0.25, 0.3) is 0 Å². The maximum Gasteiger partial charge on any atom is 0.104 e. The fourth-order valence-electron chi connectivity index (χ4n) is 4.41. The summed E-state index contributed by atoms with van der Waals surface area (Å²) in [7, 11) is 0. The zero-order chi connectivity index (χ0) is 15.3. The Balaban J connectivity index is 1.80. The lowest BCUT2D eigenvalue weighted by atomic mass is 9.63. The Morgan fingerprint density at radius 3 is 2.48 bits per heavy atom. The number of aromatic amines is 1. The summed E-state index contributed by atoms with van der Waals surface area (Å²) >= 11 is 0. The molecule has 1 aliphatic carbocycles. The Morgan fingerprint density at radius 1 is 1.14 bits per heavy atom. The predicted molar refractivity (Wildman–Crippen MR) is 89.7 cm³/mol. The predicted octanol–water partition coefficient (Wildman–Crippen LogP) is 4.89. The van der Waals surface area contributed by atoms with Gasteiger partial charge < -0.3 is 10.3 Å². The first kappa shape index (κ1) is 14.4. The highest BCUT2D eigenvalue weighted by Crippen LogP contribution is 2.46. The van der Waals surface area contributed by atoms with Gasteiger partial charge in [-0.1, -0.05) is 27.7 Å². The highest BCUT2D eigenvalue weighted by atomic mass is 14.9. The van der Waals surface area contributed by atoms with Crippen LogP contribution in [0.4, 0.5) is 5.69 Å². The second-order valence-corrected chi connectivity index (χ2v) is 8.31. The first-order valence-corrected chi connectivity index (χ1v) is 7.95. The summed E-state index contributed by atoms with van der Waals surface area (Å²) in [4.78, 5) is 7.78. The Bertz CT molecular complexity index is 636. The Morgan fingerprint density at radius 2 is 1.81 bits per heavy atom. The van der Waals surface area contributed by atoms with E-state index < -0.39 is 0 Å². The lowest BCUT2D eigenvalue weighted by molar-refractivity contribution is 0.105. The number of benzene rings is 1. The van der Waals surface area contributed by atoms with E-state index >= 15 is 0 Å². The van der Waals surface area contributed by atoms with Crippen LogP contribution in [0.25, 0.3) is 11.0 Å². The normalized spacial score (nSPS) is 21.6. The number of imidazole rings is 1.